The molecule has 1 atom stereocenters. The molecule has 0 fully saturated rings. The Labute approximate surface area is 89.6 Å². The van der Waals surface area contributed by atoms with Gasteiger partial charge >= 0.3 is 0 Å². The van der Waals surface area contributed by atoms with Crippen molar-refractivity contribution in [3.05, 3.63) is 54.1 Å². The maximum atomic E-state index is 6.11. The molecule has 15 heavy (non-hydrogen) atoms. The fourth-order valence-corrected chi connectivity index (χ4v) is 1.62. The fourth-order valence-electron chi connectivity index (χ4n) is 1.62. The van der Waals surface area contributed by atoms with Crippen LogP contribution < -0.4 is 5.73 Å². The molecule has 0 saturated heterocycles. The average Bonchev–Trinajstić information content (AvgIpc) is 2.66. The van der Waals surface area contributed by atoms with E-state index in [4.69, 9.17) is 5.73 Å². The van der Waals surface area contributed by atoms with Gasteiger partial charge in [0.2, 0.25) is 0 Å². The monoisotopic (exact) mass is 201 g/mol. The van der Waals surface area contributed by atoms with Crippen molar-refractivity contribution in [3.63, 3.8) is 0 Å². The Morgan fingerprint density at radius 3 is 2.67 bits per heavy atom. The van der Waals surface area contributed by atoms with E-state index in [2.05, 4.69) is 17.1 Å². The summed E-state index contributed by atoms with van der Waals surface area (Å²) in [5, 5.41) is 0. The highest BCUT2D eigenvalue weighted by Crippen LogP contribution is 2.14. The van der Waals surface area contributed by atoms with Crippen LogP contribution in [0.5, 0.6) is 0 Å². The number of hydrogen-bond donors (Lipinski definition) is 1. The number of nitrogens with two attached hydrogens (primary N) is 1. The summed E-state index contributed by atoms with van der Waals surface area (Å²) in [6.07, 6.45) is 4.48. The van der Waals surface area contributed by atoms with E-state index in [9.17, 15) is 0 Å². The van der Waals surface area contributed by atoms with Gasteiger partial charge in [0.1, 0.15) is 0 Å². The summed E-state index contributed by atoms with van der Waals surface area (Å²) in [6, 6.07) is 10.2. The number of aromatic nitrogens is 2. The van der Waals surface area contributed by atoms with Crippen LogP contribution in [0.2, 0.25) is 0 Å². The van der Waals surface area contributed by atoms with Crippen LogP contribution in [0.15, 0.2) is 42.9 Å². The smallest absolute Gasteiger partial charge is 0.0945 e. The van der Waals surface area contributed by atoms with Crippen LogP contribution >= 0.6 is 0 Å². The zero-order valence-corrected chi connectivity index (χ0v) is 8.80. The molecule has 3 heteroatoms. The van der Waals surface area contributed by atoms with E-state index in [0.29, 0.717) is 0 Å². The maximum absolute atomic E-state index is 6.11. The molecule has 0 bridgehead atoms. The Morgan fingerprint density at radius 1 is 1.33 bits per heavy atom. The van der Waals surface area contributed by atoms with Gasteiger partial charge < -0.3 is 10.3 Å². The summed E-state index contributed by atoms with van der Waals surface area (Å²) in [5.74, 6) is 0. The maximum Gasteiger partial charge on any atom is 0.0945 e. The Hall–Kier alpha value is -1.61. The Bertz CT molecular complexity index is 419. The quantitative estimate of drug-likeness (QED) is 0.820. The van der Waals surface area contributed by atoms with Gasteiger partial charge in [0, 0.05) is 31.4 Å². The van der Waals surface area contributed by atoms with Crippen molar-refractivity contribution in [1.82, 2.24) is 9.55 Å². The first kappa shape index (κ1) is 9.93. The molecule has 2 N–H and O–H groups in total. The third-order valence-electron chi connectivity index (χ3n) is 2.57. The highest BCUT2D eigenvalue weighted by molar-refractivity contribution is 5.20. The van der Waals surface area contributed by atoms with Gasteiger partial charge in [0.05, 0.1) is 6.33 Å². The first-order valence-electron chi connectivity index (χ1n) is 5.03. The lowest BCUT2D eigenvalue weighted by Gasteiger charge is -2.11. The summed E-state index contributed by atoms with van der Waals surface area (Å²) < 4.78 is 2.00. The van der Waals surface area contributed by atoms with Crippen LogP contribution in [-0.4, -0.2) is 9.55 Å². The standard InChI is InChI=1S/C12H15N3/c1-15-9-14-8-11(15)7-12(13)10-5-3-2-4-6-10/h2-6,8-9,12H,7,13H2,1H3. The van der Waals surface area contributed by atoms with Crippen LogP contribution in [0.3, 0.4) is 0 Å². The van der Waals surface area contributed by atoms with E-state index in [0.717, 1.165) is 12.1 Å². The van der Waals surface area contributed by atoms with Crippen molar-refractivity contribution in [2.75, 3.05) is 0 Å². The molecule has 0 radical (unpaired) electrons. The van der Waals surface area contributed by atoms with Gasteiger partial charge in [-0.3, -0.25) is 0 Å². The van der Waals surface area contributed by atoms with Crippen LogP contribution in [0.25, 0.3) is 0 Å². The largest absolute Gasteiger partial charge is 0.338 e. The summed E-state index contributed by atoms with van der Waals surface area (Å²) in [6.45, 7) is 0. The molecule has 0 aliphatic rings. The zero-order valence-electron chi connectivity index (χ0n) is 8.80. The molecule has 0 amide bonds. The number of nitrogens with zero attached hydrogens (tertiary/aromatic N) is 2. The molecule has 0 aliphatic heterocycles. The molecule has 1 aromatic carbocycles. The molecular formula is C12H15N3. The number of benzene rings is 1. The molecular weight excluding hydrogens is 186 g/mol. The van der Waals surface area contributed by atoms with Crippen molar-refractivity contribution in [1.29, 1.82) is 0 Å². The van der Waals surface area contributed by atoms with Gasteiger partial charge in [0.25, 0.3) is 0 Å². The lowest BCUT2D eigenvalue weighted by molar-refractivity contribution is 0.677. The molecule has 2 rings (SSSR count). The van der Waals surface area contributed by atoms with E-state index in [-0.39, 0.29) is 6.04 Å². The van der Waals surface area contributed by atoms with E-state index < -0.39 is 0 Å². The third-order valence-corrected chi connectivity index (χ3v) is 2.57. The first-order valence-corrected chi connectivity index (χ1v) is 5.03. The predicted octanol–water partition coefficient (Wildman–Crippen LogP) is 1.66. The van der Waals surface area contributed by atoms with Gasteiger partial charge in [0.15, 0.2) is 0 Å². The number of rotatable bonds is 3. The lowest BCUT2D eigenvalue weighted by Crippen LogP contribution is -2.14. The molecule has 0 aliphatic carbocycles. The molecule has 3 nitrogen and oxygen atoms in total. The second kappa shape index (κ2) is 4.28. The molecule has 0 saturated carbocycles. The number of aryl methyl sites for hydroxylation is 1. The van der Waals surface area contributed by atoms with Gasteiger partial charge in [-0.2, -0.15) is 0 Å². The minimum absolute atomic E-state index is 0.0431. The van der Waals surface area contributed by atoms with Gasteiger partial charge in [-0.1, -0.05) is 30.3 Å². The highest BCUT2D eigenvalue weighted by Gasteiger charge is 2.08. The van der Waals surface area contributed by atoms with Crippen molar-refractivity contribution in [2.45, 2.75) is 12.5 Å². The second-order valence-corrected chi connectivity index (χ2v) is 3.72. The van der Waals surface area contributed by atoms with Crippen LogP contribution in [0.1, 0.15) is 17.3 Å². The van der Waals surface area contributed by atoms with Gasteiger partial charge in [-0.15, -0.1) is 0 Å². The van der Waals surface area contributed by atoms with Crippen LogP contribution in [-0.2, 0) is 13.5 Å². The first-order chi connectivity index (χ1) is 7.27. The summed E-state index contributed by atoms with van der Waals surface area (Å²) in [4.78, 5) is 4.08. The molecule has 78 valence electrons. The highest BCUT2D eigenvalue weighted by atomic mass is 15.0. The minimum atomic E-state index is 0.0431. The van der Waals surface area contributed by atoms with E-state index in [1.165, 1.54) is 5.56 Å². The van der Waals surface area contributed by atoms with E-state index >= 15 is 0 Å². The number of hydrogen-bond acceptors (Lipinski definition) is 2. The molecule has 1 heterocycles. The minimum Gasteiger partial charge on any atom is -0.338 e. The molecule has 1 unspecified atom stereocenters. The predicted molar refractivity (Wildman–Crippen MR) is 60.3 cm³/mol. The molecule has 1 aromatic heterocycles. The normalized spacial score (nSPS) is 12.7. The van der Waals surface area contributed by atoms with E-state index in [1.54, 1.807) is 6.33 Å². The Morgan fingerprint density at radius 2 is 2.07 bits per heavy atom. The Balaban J connectivity index is 2.11. The second-order valence-electron chi connectivity index (χ2n) is 3.72. The van der Waals surface area contributed by atoms with Crippen molar-refractivity contribution >= 4 is 0 Å². The van der Waals surface area contributed by atoms with Crippen LogP contribution in [0, 0.1) is 0 Å². The van der Waals surface area contributed by atoms with Gasteiger partial charge in [-0.25, -0.2) is 4.98 Å². The molecule has 2 aromatic rings. The lowest BCUT2D eigenvalue weighted by atomic mass is 10.0. The van der Waals surface area contributed by atoms with Crippen molar-refractivity contribution in [2.24, 2.45) is 12.8 Å². The molecule has 0 spiro atoms. The zero-order chi connectivity index (χ0) is 10.7. The van der Waals surface area contributed by atoms with Crippen molar-refractivity contribution in [3.8, 4) is 0 Å². The van der Waals surface area contributed by atoms with E-state index in [1.807, 2.05) is 36.0 Å². The Kier molecular flexibility index (Phi) is 2.83. The van der Waals surface area contributed by atoms with Crippen molar-refractivity contribution < 1.29 is 0 Å². The van der Waals surface area contributed by atoms with Gasteiger partial charge in [-0.05, 0) is 5.56 Å². The SMILES string of the molecule is Cn1cncc1CC(N)c1ccccc1. The van der Waals surface area contributed by atoms with Crippen LogP contribution in [0.4, 0.5) is 0 Å². The summed E-state index contributed by atoms with van der Waals surface area (Å²) in [5.41, 5.74) is 8.44. The number of imidazole rings is 1. The summed E-state index contributed by atoms with van der Waals surface area (Å²) in [7, 11) is 1.99. The summed E-state index contributed by atoms with van der Waals surface area (Å²) >= 11 is 0. The third kappa shape index (κ3) is 2.25. The topological polar surface area (TPSA) is 43.8 Å². The fraction of sp³-hybridized carbons (Fsp3) is 0.250. The average molecular weight is 201 g/mol.